The van der Waals surface area contributed by atoms with Gasteiger partial charge in [-0.15, -0.1) is 0 Å². The number of carboxylic acid groups (broad SMARTS) is 1. The van der Waals surface area contributed by atoms with Crippen molar-refractivity contribution in [3.05, 3.63) is 11.6 Å². The fraction of sp³-hybridized carbons (Fsp3) is 0.900. The predicted molar refractivity (Wildman–Crippen MR) is 134 cm³/mol. The van der Waals surface area contributed by atoms with Crippen LogP contribution >= 0.6 is 0 Å². The SMILES string of the molecule is CC1(C)CC[C@]2(C(=O)[O-])CC[C@]3(C)C(=CC[C@@H]4[C@@]5(C)C[C@@H](O)[C@H](O)[C@@](C)(CO)[C@@H]5[C@H](O)C[C@]43C)[C@@H]2C1. The molecule has 5 rings (SSSR count). The third kappa shape index (κ3) is 3.08. The monoisotopic (exact) mass is 503 g/mol. The zero-order valence-corrected chi connectivity index (χ0v) is 23.0. The standard InChI is InChI=1S/C30H48O6/c1-25(2)9-11-30(24(35)36)12-10-28(5)17(18(30)13-25)7-8-21-26(3)14-20(33)23(34)27(4,16-31)22(26)19(32)15-29(21,28)6/h7,18-23,31-34H,8-16H2,1-6H3,(H,35,36)/p-1/t18-,19+,20+,21+,22+,23-,26+,27-,28+,29+,30-/m0/s1. The molecule has 0 aromatic carbocycles. The first-order chi connectivity index (χ1) is 16.5. The van der Waals surface area contributed by atoms with Crippen LogP contribution in [0.1, 0.15) is 92.9 Å². The molecule has 0 saturated heterocycles. The number of fused-ring (bicyclic) bond motifs is 7. The summed E-state index contributed by atoms with van der Waals surface area (Å²) in [7, 11) is 0. The molecule has 0 spiro atoms. The summed E-state index contributed by atoms with van der Waals surface area (Å²) in [6.45, 7) is 12.7. The molecule has 4 saturated carbocycles. The van der Waals surface area contributed by atoms with Crippen molar-refractivity contribution < 1.29 is 30.3 Å². The molecular weight excluding hydrogens is 456 g/mol. The number of hydrogen-bond acceptors (Lipinski definition) is 6. The Morgan fingerprint density at radius 2 is 1.58 bits per heavy atom. The van der Waals surface area contributed by atoms with Gasteiger partial charge in [-0.05, 0) is 84.9 Å². The van der Waals surface area contributed by atoms with Crippen molar-refractivity contribution in [3.63, 3.8) is 0 Å². The first-order valence-corrected chi connectivity index (χ1v) is 14.1. The van der Waals surface area contributed by atoms with E-state index in [1.54, 1.807) is 6.92 Å². The van der Waals surface area contributed by atoms with E-state index >= 15 is 0 Å². The molecule has 6 heteroatoms. The van der Waals surface area contributed by atoms with Gasteiger partial charge in [0.15, 0.2) is 0 Å². The van der Waals surface area contributed by atoms with Crippen LogP contribution < -0.4 is 5.11 Å². The van der Waals surface area contributed by atoms with E-state index in [0.717, 1.165) is 25.7 Å². The van der Waals surface area contributed by atoms with Gasteiger partial charge in [-0.3, -0.25) is 0 Å². The summed E-state index contributed by atoms with van der Waals surface area (Å²) in [6.07, 6.45) is 4.92. The van der Waals surface area contributed by atoms with Gasteiger partial charge in [-0.2, -0.15) is 0 Å². The Kier molecular flexibility index (Phi) is 5.77. The van der Waals surface area contributed by atoms with Crippen LogP contribution in [0.15, 0.2) is 11.6 Å². The quantitative estimate of drug-likeness (QED) is 0.430. The molecule has 0 amide bonds. The lowest BCUT2D eigenvalue weighted by molar-refractivity contribution is -0.327. The van der Waals surface area contributed by atoms with Gasteiger partial charge in [-0.25, -0.2) is 0 Å². The van der Waals surface area contributed by atoms with Gasteiger partial charge in [0, 0.05) is 22.7 Å². The van der Waals surface area contributed by atoms with Gasteiger partial charge in [0.05, 0.1) is 24.9 Å². The first-order valence-electron chi connectivity index (χ1n) is 14.1. The van der Waals surface area contributed by atoms with Gasteiger partial charge < -0.3 is 30.3 Å². The Labute approximate surface area is 216 Å². The van der Waals surface area contributed by atoms with Crippen LogP contribution in [-0.2, 0) is 4.79 Å². The van der Waals surface area contributed by atoms with Crippen molar-refractivity contribution in [2.45, 2.75) is 111 Å². The Morgan fingerprint density at radius 1 is 0.944 bits per heavy atom. The fourth-order valence-electron chi connectivity index (χ4n) is 10.9. The van der Waals surface area contributed by atoms with Gasteiger partial charge in [0.2, 0.25) is 0 Å². The molecule has 0 unspecified atom stereocenters. The van der Waals surface area contributed by atoms with Crippen molar-refractivity contribution in [2.24, 2.45) is 50.2 Å². The maximum Gasteiger partial charge on any atom is 0.0878 e. The minimum absolute atomic E-state index is 0.0630. The average Bonchev–Trinajstić information content (AvgIpc) is 2.77. The average molecular weight is 504 g/mol. The molecular formula is C30H47O6-. The number of carbonyl (C=O) groups excluding carboxylic acids is 1. The van der Waals surface area contributed by atoms with Crippen molar-refractivity contribution in [1.29, 1.82) is 0 Å². The number of aliphatic hydroxyl groups excluding tert-OH is 4. The van der Waals surface area contributed by atoms with E-state index in [9.17, 15) is 30.3 Å². The van der Waals surface area contributed by atoms with Crippen molar-refractivity contribution >= 4 is 5.97 Å². The van der Waals surface area contributed by atoms with Crippen LogP contribution in [0.5, 0.6) is 0 Å². The molecule has 4 fully saturated rings. The van der Waals surface area contributed by atoms with Crippen LogP contribution in [0, 0.1) is 50.2 Å². The predicted octanol–water partition coefficient (Wildman–Crippen LogP) is 2.81. The second-order valence-electron chi connectivity index (χ2n) is 15.2. The minimum Gasteiger partial charge on any atom is -0.550 e. The summed E-state index contributed by atoms with van der Waals surface area (Å²) in [4.78, 5) is 12.7. The Hall–Kier alpha value is -0.950. The van der Waals surface area contributed by atoms with E-state index < -0.39 is 40.5 Å². The summed E-state index contributed by atoms with van der Waals surface area (Å²) < 4.78 is 0. The molecule has 11 atom stereocenters. The highest BCUT2D eigenvalue weighted by Gasteiger charge is 2.71. The van der Waals surface area contributed by atoms with Crippen LogP contribution in [0.4, 0.5) is 0 Å². The van der Waals surface area contributed by atoms with Crippen molar-refractivity contribution in [3.8, 4) is 0 Å². The van der Waals surface area contributed by atoms with Crippen LogP contribution in [0.3, 0.4) is 0 Å². The molecule has 5 aliphatic carbocycles. The molecule has 0 radical (unpaired) electrons. The number of aliphatic hydroxyl groups is 4. The fourth-order valence-corrected chi connectivity index (χ4v) is 10.9. The normalized spacial score (nSPS) is 55.9. The van der Waals surface area contributed by atoms with Crippen LogP contribution in [-0.4, -0.2) is 51.3 Å². The molecule has 0 aromatic rings. The third-order valence-electron chi connectivity index (χ3n) is 13.0. The van der Waals surface area contributed by atoms with Gasteiger partial charge in [0.25, 0.3) is 0 Å². The van der Waals surface area contributed by atoms with Crippen LogP contribution in [0.2, 0.25) is 0 Å². The molecule has 4 N–H and O–H groups in total. The summed E-state index contributed by atoms with van der Waals surface area (Å²) in [5, 5.41) is 56.8. The van der Waals surface area contributed by atoms with Gasteiger partial charge in [-0.1, -0.05) is 53.2 Å². The summed E-state index contributed by atoms with van der Waals surface area (Å²) in [5.41, 5.74) is -1.57. The molecule has 36 heavy (non-hydrogen) atoms. The van der Waals surface area contributed by atoms with E-state index in [1.807, 2.05) is 0 Å². The first kappa shape index (κ1) is 26.6. The summed E-state index contributed by atoms with van der Waals surface area (Å²) >= 11 is 0. The number of hydrogen-bond donors (Lipinski definition) is 4. The number of rotatable bonds is 2. The maximum atomic E-state index is 12.7. The van der Waals surface area contributed by atoms with Crippen molar-refractivity contribution in [2.75, 3.05) is 6.61 Å². The summed E-state index contributed by atoms with van der Waals surface area (Å²) in [6, 6.07) is 0. The molecule has 204 valence electrons. The highest BCUT2D eigenvalue weighted by Crippen LogP contribution is 2.75. The van der Waals surface area contributed by atoms with Gasteiger partial charge >= 0.3 is 0 Å². The maximum absolute atomic E-state index is 12.7. The topological polar surface area (TPSA) is 121 Å². The lowest BCUT2D eigenvalue weighted by Gasteiger charge is -2.72. The highest BCUT2D eigenvalue weighted by atomic mass is 16.4. The summed E-state index contributed by atoms with van der Waals surface area (Å²) in [5.74, 6) is -1.18. The minimum atomic E-state index is -1.09. The highest BCUT2D eigenvalue weighted by molar-refractivity contribution is 5.74. The second kappa shape index (κ2) is 7.80. The molecule has 5 aliphatic rings. The third-order valence-corrected chi connectivity index (χ3v) is 13.0. The number of allylic oxidation sites excluding steroid dienone is 2. The van der Waals surface area contributed by atoms with E-state index in [2.05, 4.69) is 40.7 Å². The molecule has 0 heterocycles. The Bertz CT molecular complexity index is 974. The van der Waals surface area contributed by atoms with E-state index in [1.165, 1.54) is 5.57 Å². The zero-order valence-electron chi connectivity index (χ0n) is 23.0. The Morgan fingerprint density at radius 3 is 2.19 bits per heavy atom. The molecule has 0 aromatic heterocycles. The van der Waals surface area contributed by atoms with E-state index in [0.29, 0.717) is 25.7 Å². The number of aliphatic carboxylic acids is 1. The number of carbonyl (C=O) groups is 1. The molecule has 0 aliphatic heterocycles. The molecule has 0 bridgehead atoms. The smallest absolute Gasteiger partial charge is 0.0878 e. The lowest BCUT2D eigenvalue weighted by Crippen LogP contribution is -2.71. The van der Waals surface area contributed by atoms with E-state index in [-0.39, 0.29) is 40.6 Å². The largest absolute Gasteiger partial charge is 0.550 e. The van der Waals surface area contributed by atoms with Gasteiger partial charge in [0.1, 0.15) is 0 Å². The number of carboxylic acids is 1. The molecule has 6 nitrogen and oxygen atoms in total. The lowest BCUT2D eigenvalue weighted by atomic mass is 9.33. The zero-order chi connectivity index (χ0) is 26.7. The van der Waals surface area contributed by atoms with Crippen LogP contribution in [0.25, 0.3) is 0 Å². The van der Waals surface area contributed by atoms with E-state index in [4.69, 9.17) is 0 Å². The Balaban J connectivity index is 1.64. The van der Waals surface area contributed by atoms with Crippen molar-refractivity contribution in [1.82, 2.24) is 0 Å². The second-order valence-corrected chi connectivity index (χ2v) is 15.2.